The van der Waals surface area contributed by atoms with Crippen LogP contribution < -0.4 is 0 Å². The van der Waals surface area contributed by atoms with E-state index in [2.05, 4.69) is 14.9 Å². The van der Waals surface area contributed by atoms with Crippen LogP contribution in [-0.2, 0) is 4.74 Å². The van der Waals surface area contributed by atoms with E-state index in [0.717, 1.165) is 42.7 Å². The number of aliphatic hydroxyl groups excluding tert-OH is 1. The monoisotopic (exact) mass is 337 g/mol. The topological polar surface area (TPSA) is 61.4 Å². The maximum absolute atomic E-state index is 12.9. The highest BCUT2D eigenvalue weighted by molar-refractivity contribution is 7.99. The summed E-state index contributed by atoms with van der Waals surface area (Å²) in [6.07, 6.45) is 1.32. The molecule has 7 heteroatoms. The van der Waals surface area contributed by atoms with E-state index in [9.17, 15) is 9.50 Å². The Balaban J connectivity index is 1.49. The third-order valence-corrected chi connectivity index (χ3v) is 4.73. The predicted molar refractivity (Wildman–Crippen MR) is 88.0 cm³/mol. The summed E-state index contributed by atoms with van der Waals surface area (Å²) in [4.78, 5) is 9.70. The van der Waals surface area contributed by atoms with Gasteiger partial charge in [0.25, 0.3) is 0 Å². The number of rotatable bonds is 6. The lowest BCUT2D eigenvalue weighted by molar-refractivity contribution is 0.0188. The molecule has 23 heavy (non-hydrogen) atoms. The van der Waals surface area contributed by atoms with Crippen LogP contribution >= 0.6 is 11.8 Å². The largest absolute Gasteiger partial charge is 0.391 e. The molecule has 1 aliphatic rings. The Bertz CT molecular complexity index is 614. The maximum Gasteiger partial charge on any atom is 0.165 e. The lowest BCUT2D eigenvalue weighted by Gasteiger charge is -2.28. The van der Waals surface area contributed by atoms with Crippen molar-refractivity contribution in [1.82, 2.24) is 14.9 Å². The molecule has 5 nitrogen and oxygen atoms in total. The van der Waals surface area contributed by atoms with Crippen molar-refractivity contribution in [2.45, 2.75) is 11.3 Å². The summed E-state index contributed by atoms with van der Waals surface area (Å²) in [7, 11) is 0. The molecule has 1 fully saturated rings. The number of nitrogens with one attached hydrogen (secondary N) is 1. The van der Waals surface area contributed by atoms with Crippen LogP contribution in [0.5, 0.6) is 0 Å². The summed E-state index contributed by atoms with van der Waals surface area (Å²) in [5, 5.41) is 10.9. The van der Waals surface area contributed by atoms with E-state index in [4.69, 9.17) is 4.74 Å². The first kappa shape index (κ1) is 16.4. The third kappa shape index (κ3) is 4.78. The minimum atomic E-state index is -0.405. The predicted octanol–water partition coefficient (Wildman–Crippen LogP) is 2.00. The van der Waals surface area contributed by atoms with Crippen LogP contribution in [0.3, 0.4) is 0 Å². The van der Waals surface area contributed by atoms with Gasteiger partial charge in [0.15, 0.2) is 5.16 Å². The molecule has 1 atom stereocenters. The van der Waals surface area contributed by atoms with Crippen LogP contribution in [0.1, 0.15) is 0 Å². The smallest absolute Gasteiger partial charge is 0.165 e. The molecule has 2 aromatic rings. The van der Waals surface area contributed by atoms with E-state index in [-0.39, 0.29) is 5.82 Å². The molecule has 1 aliphatic heterocycles. The number of ether oxygens (including phenoxy) is 1. The zero-order valence-electron chi connectivity index (χ0n) is 12.7. The fourth-order valence-electron chi connectivity index (χ4n) is 2.46. The number of hydrogen-bond acceptors (Lipinski definition) is 5. The van der Waals surface area contributed by atoms with E-state index >= 15 is 0 Å². The molecule has 124 valence electrons. The van der Waals surface area contributed by atoms with Crippen molar-refractivity contribution >= 4 is 11.8 Å². The zero-order valence-corrected chi connectivity index (χ0v) is 13.6. The fraction of sp³-hybridized carbons (Fsp3) is 0.438. The standard InChI is InChI=1S/C16H20FN3O2S/c17-13-3-1-12(2-4-13)15-9-18-16(19-15)23-11-14(21)10-20-5-7-22-8-6-20/h1-4,9,14,21H,5-8,10-11H2,(H,18,19). The van der Waals surface area contributed by atoms with Gasteiger partial charge in [-0.2, -0.15) is 0 Å². The molecule has 0 aliphatic carbocycles. The number of imidazole rings is 1. The van der Waals surface area contributed by atoms with Gasteiger partial charge < -0.3 is 14.8 Å². The number of thioether (sulfide) groups is 1. The summed E-state index contributed by atoms with van der Waals surface area (Å²) < 4.78 is 18.2. The number of hydrogen-bond donors (Lipinski definition) is 2. The summed E-state index contributed by atoms with van der Waals surface area (Å²) in [6.45, 7) is 3.87. The Hall–Kier alpha value is -1.41. The number of aromatic amines is 1. The van der Waals surface area contributed by atoms with Crippen LogP contribution in [-0.4, -0.2) is 64.7 Å². The Morgan fingerprint density at radius 1 is 1.30 bits per heavy atom. The highest BCUT2D eigenvalue weighted by atomic mass is 32.2. The van der Waals surface area contributed by atoms with Gasteiger partial charge in [-0.15, -0.1) is 0 Å². The van der Waals surface area contributed by atoms with Crippen molar-refractivity contribution < 1.29 is 14.2 Å². The molecule has 0 radical (unpaired) electrons. The quantitative estimate of drug-likeness (QED) is 0.790. The molecule has 0 amide bonds. The second kappa shape index (κ2) is 7.92. The average Bonchev–Trinajstić information content (AvgIpc) is 3.04. The summed E-state index contributed by atoms with van der Waals surface area (Å²) in [5.74, 6) is 0.322. The first-order valence-electron chi connectivity index (χ1n) is 7.62. The number of β-amino-alcohol motifs (C(OH)–C–C–N with tert-alkyl or cyclic N) is 1. The van der Waals surface area contributed by atoms with Gasteiger partial charge in [0.2, 0.25) is 0 Å². The van der Waals surface area contributed by atoms with Crippen LogP contribution in [0.25, 0.3) is 11.3 Å². The summed E-state index contributed by atoms with van der Waals surface area (Å²) in [6, 6.07) is 6.28. The molecule has 3 rings (SSSR count). The molecular weight excluding hydrogens is 317 g/mol. The van der Waals surface area contributed by atoms with E-state index < -0.39 is 6.10 Å². The maximum atomic E-state index is 12.9. The van der Waals surface area contributed by atoms with Crippen molar-refractivity contribution in [1.29, 1.82) is 0 Å². The fourth-order valence-corrected chi connectivity index (χ4v) is 3.23. The van der Waals surface area contributed by atoms with Crippen molar-refractivity contribution in [3.63, 3.8) is 0 Å². The first-order valence-corrected chi connectivity index (χ1v) is 8.61. The van der Waals surface area contributed by atoms with Crippen molar-refractivity contribution in [2.75, 3.05) is 38.6 Å². The summed E-state index contributed by atoms with van der Waals surface area (Å²) >= 11 is 1.49. The Morgan fingerprint density at radius 3 is 2.78 bits per heavy atom. The molecule has 1 aromatic heterocycles. The van der Waals surface area contributed by atoms with Crippen molar-refractivity contribution in [2.24, 2.45) is 0 Å². The highest BCUT2D eigenvalue weighted by Gasteiger charge is 2.15. The molecule has 0 spiro atoms. The molecule has 1 saturated heterocycles. The van der Waals surface area contributed by atoms with Gasteiger partial charge in [0, 0.05) is 25.4 Å². The Labute approximate surface area is 138 Å². The molecule has 0 saturated carbocycles. The molecular formula is C16H20FN3O2S. The van der Waals surface area contributed by atoms with Gasteiger partial charge >= 0.3 is 0 Å². The highest BCUT2D eigenvalue weighted by Crippen LogP contribution is 2.22. The van der Waals surface area contributed by atoms with E-state index in [1.807, 2.05) is 0 Å². The molecule has 2 heterocycles. The zero-order chi connectivity index (χ0) is 16.1. The van der Waals surface area contributed by atoms with Crippen LogP contribution in [0.2, 0.25) is 0 Å². The summed E-state index contributed by atoms with van der Waals surface area (Å²) in [5.41, 5.74) is 1.73. The SMILES string of the molecule is OC(CSc1ncc(-c2ccc(F)cc2)[nH]1)CN1CCOCC1. The van der Waals surface area contributed by atoms with E-state index in [1.165, 1.54) is 23.9 Å². The van der Waals surface area contributed by atoms with E-state index in [0.29, 0.717) is 12.3 Å². The van der Waals surface area contributed by atoms with Crippen LogP contribution in [0.4, 0.5) is 4.39 Å². The number of H-pyrrole nitrogens is 1. The minimum Gasteiger partial charge on any atom is -0.391 e. The molecule has 1 unspecified atom stereocenters. The second-order valence-corrected chi connectivity index (χ2v) is 6.50. The van der Waals surface area contributed by atoms with Gasteiger partial charge in [0.05, 0.1) is 31.2 Å². The lowest BCUT2D eigenvalue weighted by atomic mass is 10.2. The van der Waals surface area contributed by atoms with Gasteiger partial charge in [-0.1, -0.05) is 11.8 Å². The van der Waals surface area contributed by atoms with Gasteiger partial charge in [-0.3, -0.25) is 4.90 Å². The van der Waals surface area contributed by atoms with Gasteiger partial charge in [-0.25, -0.2) is 9.37 Å². The average molecular weight is 337 g/mol. The normalized spacial score (nSPS) is 17.3. The van der Waals surface area contributed by atoms with Crippen LogP contribution in [0, 0.1) is 5.82 Å². The van der Waals surface area contributed by atoms with Gasteiger partial charge in [0.1, 0.15) is 5.82 Å². The number of morpholine rings is 1. The van der Waals surface area contributed by atoms with E-state index in [1.54, 1.807) is 18.3 Å². The van der Waals surface area contributed by atoms with Gasteiger partial charge in [-0.05, 0) is 29.8 Å². The molecule has 0 bridgehead atoms. The minimum absolute atomic E-state index is 0.255. The number of halogens is 1. The van der Waals surface area contributed by atoms with Crippen molar-refractivity contribution in [3.05, 3.63) is 36.3 Å². The number of nitrogens with zero attached hydrogens (tertiary/aromatic N) is 2. The number of aromatic nitrogens is 2. The molecule has 1 aromatic carbocycles. The van der Waals surface area contributed by atoms with Crippen molar-refractivity contribution in [3.8, 4) is 11.3 Å². The molecule has 2 N–H and O–H groups in total. The van der Waals surface area contributed by atoms with Crippen LogP contribution in [0.15, 0.2) is 35.6 Å². The first-order chi connectivity index (χ1) is 11.2. The number of benzene rings is 1. The lowest BCUT2D eigenvalue weighted by Crippen LogP contribution is -2.41. The Morgan fingerprint density at radius 2 is 2.04 bits per heavy atom. The third-order valence-electron chi connectivity index (χ3n) is 3.69. The Kier molecular flexibility index (Phi) is 5.66. The second-order valence-electron chi connectivity index (χ2n) is 5.49. The number of aliphatic hydroxyl groups is 1.